The molecule has 0 aliphatic heterocycles. The second kappa shape index (κ2) is 64.1. The summed E-state index contributed by atoms with van der Waals surface area (Å²) in [5.41, 5.74) is 0. The lowest BCUT2D eigenvalue weighted by atomic mass is 10.0. The van der Waals surface area contributed by atoms with Crippen LogP contribution in [0.1, 0.15) is 309 Å². The van der Waals surface area contributed by atoms with Crippen molar-refractivity contribution < 1.29 is 24.2 Å². The summed E-state index contributed by atoms with van der Waals surface area (Å²) in [6.07, 6.45) is 91.3. The average Bonchev–Trinajstić information content (AvgIpc) is 3.40. The number of carbonyl (C=O) groups is 2. The zero-order valence-electron chi connectivity index (χ0n) is 48.8. The van der Waals surface area contributed by atoms with Crippen molar-refractivity contribution >= 4 is 11.9 Å². The summed E-state index contributed by atoms with van der Waals surface area (Å²) in [5, 5.41) is 9.67. The number of ether oxygens (including phenoxy) is 2. The van der Waals surface area contributed by atoms with Crippen LogP contribution in [0.3, 0.4) is 0 Å². The first-order chi connectivity index (χ1) is 36.6. The summed E-state index contributed by atoms with van der Waals surface area (Å²) < 4.78 is 10.7. The van der Waals surface area contributed by atoms with Crippen LogP contribution in [0.4, 0.5) is 0 Å². The lowest BCUT2D eigenvalue weighted by Crippen LogP contribution is -2.28. The Morgan fingerprint density at radius 3 is 0.892 bits per heavy atom. The number of carbonyl (C=O) groups excluding carboxylic acids is 2. The summed E-state index contributed by atoms with van der Waals surface area (Å²) in [6, 6.07) is 0. The maximum absolute atomic E-state index is 12.3. The van der Waals surface area contributed by atoms with Crippen LogP contribution < -0.4 is 0 Å². The molecule has 1 unspecified atom stereocenters. The van der Waals surface area contributed by atoms with Gasteiger partial charge in [-0.2, -0.15) is 0 Å². The van der Waals surface area contributed by atoms with Gasteiger partial charge in [-0.3, -0.25) is 9.59 Å². The van der Waals surface area contributed by atoms with Gasteiger partial charge in [-0.1, -0.05) is 297 Å². The van der Waals surface area contributed by atoms with Gasteiger partial charge in [0.1, 0.15) is 6.61 Å². The van der Waals surface area contributed by atoms with Crippen molar-refractivity contribution in [2.45, 2.75) is 315 Å². The number of esters is 2. The number of hydrogen-bond donors (Lipinski definition) is 1. The highest BCUT2D eigenvalue weighted by Crippen LogP contribution is 2.17. The summed E-state index contributed by atoms with van der Waals surface area (Å²) in [6.45, 7) is 4.05. The van der Waals surface area contributed by atoms with Crippen LogP contribution in [0, 0.1) is 0 Å². The molecule has 426 valence electrons. The van der Waals surface area contributed by atoms with E-state index in [0.29, 0.717) is 12.8 Å². The number of allylic oxidation sites excluding steroid dienone is 16. The minimum Gasteiger partial charge on any atom is -0.462 e. The molecular weight excluding hydrogens is 909 g/mol. The van der Waals surface area contributed by atoms with Gasteiger partial charge in [0.2, 0.25) is 0 Å². The van der Waals surface area contributed by atoms with Crippen LogP contribution in [-0.4, -0.2) is 36.4 Å². The van der Waals surface area contributed by atoms with E-state index in [1.165, 1.54) is 199 Å². The van der Waals surface area contributed by atoms with E-state index in [0.717, 1.165) is 83.5 Å². The Balaban J connectivity index is 3.45. The number of unbranched alkanes of at least 4 members (excludes halogenated alkanes) is 34. The van der Waals surface area contributed by atoms with Crippen molar-refractivity contribution in [1.29, 1.82) is 0 Å². The predicted molar refractivity (Wildman–Crippen MR) is 325 cm³/mol. The fourth-order valence-electron chi connectivity index (χ4n) is 9.12. The van der Waals surface area contributed by atoms with E-state index in [2.05, 4.69) is 111 Å². The molecule has 74 heavy (non-hydrogen) atoms. The van der Waals surface area contributed by atoms with Crippen molar-refractivity contribution in [1.82, 2.24) is 0 Å². The predicted octanol–water partition coefficient (Wildman–Crippen LogP) is 21.9. The smallest absolute Gasteiger partial charge is 0.306 e. The minimum atomic E-state index is -0.775. The van der Waals surface area contributed by atoms with Gasteiger partial charge in [0, 0.05) is 12.8 Å². The zero-order chi connectivity index (χ0) is 53.4. The first kappa shape index (κ1) is 70.8. The van der Waals surface area contributed by atoms with Gasteiger partial charge in [-0.05, 0) is 96.3 Å². The molecule has 1 atom stereocenters. The lowest BCUT2D eigenvalue weighted by Gasteiger charge is -2.15. The molecule has 0 aromatic heterocycles. The molecule has 0 aliphatic carbocycles. The number of aliphatic hydroxyl groups is 1. The van der Waals surface area contributed by atoms with Crippen LogP contribution in [0.15, 0.2) is 97.2 Å². The van der Waals surface area contributed by atoms with Crippen molar-refractivity contribution in [3.8, 4) is 0 Å². The van der Waals surface area contributed by atoms with E-state index in [9.17, 15) is 14.7 Å². The van der Waals surface area contributed by atoms with Crippen molar-refractivity contribution in [2.24, 2.45) is 0 Å². The molecule has 0 saturated carbocycles. The maximum atomic E-state index is 12.3. The molecule has 5 nitrogen and oxygen atoms in total. The van der Waals surface area contributed by atoms with E-state index in [-0.39, 0.29) is 25.2 Å². The standard InChI is InChI=1S/C69H120O5/c1-3-5-7-9-11-13-15-17-19-21-23-24-25-26-27-28-29-30-31-32-33-34-35-36-37-38-39-40-41-42-43-44-46-48-50-52-54-56-58-60-62-64-69(72)74-67(65-70)66-73-68(71)63-61-59-57-55-53-51-49-47-45-22-20-18-16-14-12-10-8-6-4-2/h5,7,11,13,17-20,23-24,26-27,29-30,32-33,67,70H,3-4,6,8-10,12,14-16,21-22,25,28,31,34-66H2,1-2H3/b7-5-,13-11-,19-17-,20-18-,24-23-,27-26-,30-29-,33-32-. The molecule has 0 saturated heterocycles. The summed E-state index contributed by atoms with van der Waals surface area (Å²) in [4.78, 5) is 24.6. The summed E-state index contributed by atoms with van der Waals surface area (Å²) in [5.74, 6) is -0.582. The third-order valence-corrected chi connectivity index (χ3v) is 13.9. The van der Waals surface area contributed by atoms with Crippen molar-refractivity contribution in [2.75, 3.05) is 13.2 Å². The third-order valence-electron chi connectivity index (χ3n) is 13.9. The van der Waals surface area contributed by atoms with E-state index in [4.69, 9.17) is 9.47 Å². The Kier molecular flexibility index (Phi) is 61.4. The van der Waals surface area contributed by atoms with Crippen LogP contribution in [-0.2, 0) is 19.1 Å². The molecule has 0 heterocycles. The van der Waals surface area contributed by atoms with Gasteiger partial charge >= 0.3 is 11.9 Å². The van der Waals surface area contributed by atoms with Gasteiger partial charge < -0.3 is 14.6 Å². The largest absolute Gasteiger partial charge is 0.462 e. The van der Waals surface area contributed by atoms with Gasteiger partial charge in [0.15, 0.2) is 6.10 Å². The van der Waals surface area contributed by atoms with Gasteiger partial charge in [0.25, 0.3) is 0 Å². The van der Waals surface area contributed by atoms with Gasteiger partial charge in [-0.25, -0.2) is 0 Å². The molecule has 0 radical (unpaired) electrons. The van der Waals surface area contributed by atoms with Crippen LogP contribution in [0.5, 0.6) is 0 Å². The number of rotatable bonds is 58. The Morgan fingerprint density at radius 1 is 0.324 bits per heavy atom. The Bertz CT molecular complexity index is 1400. The van der Waals surface area contributed by atoms with Crippen molar-refractivity contribution in [3.63, 3.8) is 0 Å². The van der Waals surface area contributed by atoms with E-state index < -0.39 is 6.10 Å². The van der Waals surface area contributed by atoms with Crippen LogP contribution in [0.25, 0.3) is 0 Å². The van der Waals surface area contributed by atoms with Gasteiger partial charge in [0.05, 0.1) is 6.61 Å². The molecular formula is C69H120O5. The fraction of sp³-hybridized carbons (Fsp3) is 0.739. The fourth-order valence-corrected chi connectivity index (χ4v) is 9.12. The molecule has 0 fully saturated rings. The highest BCUT2D eigenvalue weighted by atomic mass is 16.6. The first-order valence-corrected chi connectivity index (χ1v) is 31.8. The second-order valence-electron chi connectivity index (χ2n) is 21.1. The van der Waals surface area contributed by atoms with E-state index in [1.54, 1.807) is 0 Å². The van der Waals surface area contributed by atoms with E-state index >= 15 is 0 Å². The SMILES string of the molecule is CC/C=C\C/C=C\C/C=C\C/C=C\C/C=C\C/C=C\C/C=C\CCCCCCCCCCCCCCCCCCCCCC(=O)OC(CO)COC(=O)CCCCCCCCCCC/C=C\CCCCCCCC. The Labute approximate surface area is 459 Å². The molecule has 0 amide bonds. The Hall–Kier alpha value is -3.18. The second-order valence-corrected chi connectivity index (χ2v) is 21.1. The summed E-state index contributed by atoms with van der Waals surface area (Å²) in [7, 11) is 0. The molecule has 5 heteroatoms. The minimum absolute atomic E-state index is 0.0658. The summed E-state index contributed by atoms with van der Waals surface area (Å²) >= 11 is 0. The Morgan fingerprint density at radius 2 is 0.581 bits per heavy atom. The normalized spacial score (nSPS) is 12.9. The molecule has 0 aromatic rings. The molecule has 0 aromatic carbocycles. The highest BCUT2D eigenvalue weighted by Gasteiger charge is 2.16. The van der Waals surface area contributed by atoms with Crippen molar-refractivity contribution in [3.05, 3.63) is 97.2 Å². The van der Waals surface area contributed by atoms with E-state index in [1.807, 2.05) is 0 Å². The molecule has 0 spiro atoms. The molecule has 1 N–H and O–H groups in total. The average molecular weight is 1030 g/mol. The van der Waals surface area contributed by atoms with Crippen LogP contribution in [0.2, 0.25) is 0 Å². The molecule has 0 bridgehead atoms. The zero-order valence-corrected chi connectivity index (χ0v) is 48.8. The maximum Gasteiger partial charge on any atom is 0.306 e. The number of aliphatic hydroxyl groups excluding tert-OH is 1. The van der Waals surface area contributed by atoms with Crippen LogP contribution >= 0.6 is 0 Å². The third kappa shape index (κ3) is 61.4. The van der Waals surface area contributed by atoms with Gasteiger partial charge in [-0.15, -0.1) is 0 Å². The highest BCUT2D eigenvalue weighted by molar-refractivity contribution is 5.70. The number of hydrogen-bond acceptors (Lipinski definition) is 5. The lowest BCUT2D eigenvalue weighted by molar-refractivity contribution is -0.161. The monoisotopic (exact) mass is 1030 g/mol. The molecule has 0 aliphatic rings. The topological polar surface area (TPSA) is 72.8 Å². The first-order valence-electron chi connectivity index (χ1n) is 31.8. The molecule has 0 rings (SSSR count). The quantitative estimate of drug-likeness (QED) is 0.0373.